The smallest absolute Gasteiger partial charge is 0.332 e. The molecule has 0 amide bonds. The van der Waals surface area contributed by atoms with Gasteiger partial charge in [0.05, 0.1) is 16.5 Å². The van der Waals surface area contributed by atoms with Crippen molar-refractivity contribution < 1.29 is 23.4 Å². The Labute approximate surface area is 110 Å². The van der Waals surface area contributed by atoms with E-state index in [1.807, 2.05) is 6.07 Å². The normalized spacial score (nSPS) is 12.6. The first-order chi connectivity index (χ1) is 8.86. The monoisotopic (exact) mass is 284 g/mol. The molecule has 8 heteroatoms. The second-order valence-corrected chi connectivity index (χ2v) is 5.44. The zero-order chi connectivity index (χ0) is 14.5. The molecule has 0 unspecified atom stereocenters. The van der Waals surface area contributed by atoms with Gasteiger partial charge in [-0.3, -0.25) is 0 Å². The van der Waals surface area contributed by atoms with Gasteiger partial charge in [0.2, 0.25) is 10.0 Å². The van der Waals surface area contributed by atoms with Crippen molar-refractivity contribution in [2.24, 2.45) is 0 Å². The molecule has 0 spiro atoms. The van der Waals surface area contributed by atoms with Crippen LogP contribution in [0, 0.1) is 11.3 Å². The second kappa shape index (κ2) is 6.29. The molecule has 1 atom stereocenters. The summed E-state index contributed by atoms with van der Waals surface area (Å²) in [7, 11) is -3.77. The maximum absolute atomic E-state index is 11.8. The zero-order valence-corrected chi connectivity index (χ0v) is 10.6. The van der Waals surface area contributed by atoms with Gasteiger partial charge in [-0.2, -0.15) is 5.26 Å². The quantitative estimate of drug-likeness (QED) is 0.656. The van der Waals surface area contributed by atoms with E-state index in [0.29, 0.717) is 5.56 Å². The largest absolute Gasteiger partial charge is 0.479 e. The molecule has 0 bridgehead atoms. The van der Waals surface area contributed by atoms with E-state index in [9.17, 15) is 13.2 Å². The maximum atomic E-state index is 11.8. The highest BCUT2D eigenvalue weighted by molar-refractivity contribution is 7.89. The van der Waals surface area contributed by atoms with E-state index < -0.39 is 22.1 Å². The van der Waals surface area contributed by atoms with Crippen LogP contribution in [0.3, 0.4) is 0 Å². The summed E-state index contributed by atoms with van der Waals surface area (Å²) in [5.41, 5.74) is 0.334. The van der Waals surface area contributed by atoms with Crippen molar-refractivity contribution in [1.82, 2.24) is 4.72 Å². The van der Waals surface area contributed by atoms with E-state index in [-0.39, 0.29) is 17.9 Å². The van der Waals surface area contributed by atoms with Crippen LogP contribution in [0.5, 0.6) is 0 Å². The lowest BCUT2D eigenvalue weighted by molar-refractivity contribution is -0.146. The minimum Gasteiger partial charge on any atom is -0.479 e. The van der Waals surface area contributed by atoms with Gasteiger partial charge in [-0.1, -0.05) is 0 Å². The van der Waals surface area contributed by atoms with Crippen molar-refractivity contribution in [1.29, 1.82) is 5.26 Å². The SMILES string of the molecule is N#Cc1ccc(S(=O)(=O)NCC[C@H](O)C(=O)O)cc1. The minimum absolute atomic E-state index is 0.0312. The Balaban J connectivity index is 2.66. The summed E-state index contributed by atoms with van der Waals surface area (Å²) >= 11 is 0. The lowest BCUT2D eigenvalue weighted by Gasteiger charge is -2.08. The Morgan fingerprint density at radius 1 is 1.37 bits per heavy atom. The highest BCUT2D eigenvalue weighted by Crippen LogP contribution is 2.09. The molecule has 0 aliphatic heterocycles. The number of sulfonamides is 1. The van der Waals surface area contributed by atoms with Gasteiger partial charge in [-0.05, 0) is 30.7 Å². The van der Waals surface area contributed by atoms with Crippen LogP contribution in [0.1, 0.15) is 12.0 Å². The molecule has 0 heterocycles. The molecule has 102 valence electrons. The summed E-state index contributed by atoms with van der Waals surface area (Å²) in [5, 5.41) is 26.0. The molecule has 19 heavy (non-hydrogen) atoms. The average molecular weight is 284 g/mol. The van der Waals surface area contributed by atoms with Gasteiger partial charge in [0, 0.05) is 6.54 Å². The molecule has 0 saturated carbocycles. The molecule has 0 saturated heterocycles. The average Bonchev–Trinajstić information content (AvgIpc) is 2.38. The van der Waals surface area contributed by atoms with Gasteiger partial charge in [-0.15, -0.1) is 0 Å². The fraction of sp³-hybridized carbons (Fsp3) is 0.273. The van der Waals surface area contributed by atoms with Crippen LogP contribution in [-0.2, 0) is 14.8 Å². The molecule has 0 fully saturated rings. The summed E-state index contributed by atoms with van der Waals surface area (Å²) < 4.78 is 25.7. The van der Waals surface area contributed by atoms with Crippen LogP contribution in [0.25, 0.3) is 0 Å². The third-order valence-electron chi connectivity index (χ3n) is 2.29. The third kappa shape index (κ3) is 4.33. The van der Waals surface area contributed by atoms with Crippen molar-refractivity contribution >= 4 is 16.0 Å². The fourth-order valence-electron chi connectivity index (χ4n) is 1.25. The van der Waals surface area contributed by atoms with Gasteiger partial charge in [0.25, 0.3) is 0 Å². The van der Waals surface area contributed by atoms with Crippen LogP contribution in [0.2, 0.25) is 0 Å². The topological polar surface area (TPSA) is 127 Å². The second-order valence-electron chi connectivity index (χ2n) is 3.68. The molecule has 0 aromatic heterocycles. The summed E-state index contributed by atoms with van der Waals surface area (Å²) in [5.74, 6) is -1.41. The molecule has 0 aliphatic carbocycles. The molecule has 3 N–H and O–H groups in total. The molecule has 0 aliphatic rings. The highest BCUT2D eigenvalue weighted by Gasteiger charge is 2.16. The number of hydrogen-bond acceptors (Lipinski definition) is 5. The summed E-state index contributed by atoms with van der Waals surface area (Å²) in [6, 6.07) is 7.13. The molecule has 1 aromatic carbocycles. The number of rotatable bonds is 6. The van der Waals surface area contributed by atoms with E-state index in [4.69, 9.17) is 15.5 Å². The van der Waals surface area contributed by atoms with Crippen LogP contribution >= 0.6 is 0 Å². The van der Waals surface area contributed by atoms with E-state index in [2.05, 4.69) is 4.72 Å². The van der Waals surface area contributed by atoms with E-state index >= 15 is 0 Å². The molecule has 1 rings (SSSR count). The molecular weight excluding hydrogens is 272 g/mol. The Morgan fingerprint density at radius 3 is 2.42 bits per heavy atom. The van der Waals surface area contributed by atoms with E-state index in [1.54, 1.807) is 0 Å². The predicted molar refractivity (Wildman–Crippen MR) is 64.6 cm³/mol. The zero-order valence-electron chi connectivity index (χ0n) is 9.78. The summed E-state index contributed by atoms with van der Waals surface area (Å²) in [4.78, 5) is 10.3. The van der Waals surface area contributed by atoms with E-state index in [1.165, 1.54) is 24.3 Å². The van der Waals surface area contributed by atoms with Crippen molar-refractivity contribution in [2.45, 2.75) is 17.4 Å². The van der Waals surface area contributed by atoms with E-state index in [0.717, 1.165) is 0 Å². The number of aliphatic carboxylic acids is 1. The standard InChI is InChI=1S/C11H12N2O5S/c12-7-8-1-3-9(4-2-8)19(17,18)13-6-5-10(14)11(15)16/h1-4,10,13-14H,5-6H2,(H,15,16)/t10-/m0/s1. The predicted octanol–water partition coefficient (Wildman–Crippen LogP) is -0.328. The first-order valence-electron chi connectivity index (χ1n) is 5.27. The van der Waals surface area contributed by atoms with Crippen molar-refractivity contribution in [3.05, 3.63) is 29.8 Å². The Kier molecular flexibility index (Phi) is 5.00. The lowest BCUT2D eigenvalue weighted by Crippen LogP contribution is -2.30. The number of nitrogens with one attached hydrogen (secondary N) is 1. The number of benzene rings is 1. The van der Waals surface area contributed by atoms with Gasteiger partial charge in [-0.25, -0.2) is 17.9 Å². The van der Waals surface area contributed by atoms with Crippen LogP contribution in [0.15, 0.2) is 29.2 Å². The van der Waals surface area contributed by atoms with Crippen LogP contribution < -0.4 is 4.72 Å². The minimum atomic E-state index is -3.77. The van der Waals surface area contributed by atoms with Gasteiger partial charge in [0.15, 0.2) is 6.10 Å². The molecule has 7 nitrogen and oxygen atoms in total. The van der Waals surface area contributed by atoms with Crippen molar-refractivity contribution in [3.8, 4) is 6.07 Å². The lowest BCUT2D eigenvalue weighted by atomic mass is 10.2. The molecule has 1 aromatic rings. The Bertz CT molecular complexity index is 589. The van der Waals surface area contributed by atoms with Crippen molar-refractivity contribution in [3.63, 3.8) is 0 Å². The third-order valence-corrected chi connectivity index (χ3v) is 3.77. The number of hydrogen-bond donors (Lipinski definition) is 3. The van der Waals surface area contributed by atoms with Crippen LogP contribution in [0.4, 0.5) is 0 Å². The highest BCUT2D eigenvalue weighted by atomic mass is 32.2. The van der Waals surface area contributed by atoms with Crippen molar-refractivity contribution in [2.75, 3.05) is 6.54 Å². The first kappa shape index (κ1) is 15.1. The molecule has 0 radical (unpaired) electrons. The van der Waals surface area contributed by atoms with Gasteiger partial charge in [0.1, 0.15) is 0 Å². The van der Waals surface area contributed by atoms with Gasteiger partial charge >= 0.3 is 5.97 Å². The number of carboxylic acids is 1. The number of carboxylic acid groups (broad SMARTS) is 1. The number of aliphatic hydroxyl groups is 1. The van der Waals surface area contributed by atoms with Crippen LogP contribution in [-0.4, -0.2) is 37.2 Å². The first-order valence-corrected chi connectivity index (χ1v) is 6.76. The van der Waals surface area contributed by atoms with Gasteiger partial charge < -0.3 is 10.2 Å². The number of carbonyl (C=O) groups is 1. The Hall–Kier alpha value is -1.95. The number of aliphatic hydroxyl groups excluding tert-OH is 1. The Morgan fingerprint density at radius 2 is 1.95 bits per heavy atom. The fourth-order valence-corrected chi connectivity index (χ4v) is 2.29. The molecular formula is C11H12N2O5S. The number of nitrogens with zero attached hydrogens (tertiary/aromatic N) is 1. The maximum Gasteiger partial charge on any atom is 0.332 e. The summed E-state index contributed by atoms with van der Waals surface area (Å²) in [6.07, 6.45) is -1.84. The summed E-state index contributed by atoms with van der Waals surface area (Å²) in [6.45, 7) is -0.199. The number of nitriles is 1.